The summed E-state index contributed by atoms with van der Waals surface area (Å²) in [4.78, 5) is 4.13. The number of rotatable bonds is 2. The van der Waals surface area contributed by atoms with Crippen LogP contribution in [-0.2, 0) is 0 Å². The third-order valence-electron chi connectivity index (χ3n) is 2.23. The standard InChI is InChI=1S/C13H12BrNO/c1-9-7-11(3-4-13(9)14)16-12-5-6-15-10(2)8-12/h3-8H,1-2H3. The molecule has 82 valence electrons. The first-order valence-corrected chi connectivity index (χ1v) is 5.81. The highest BCUT2D eigenvalue weighted by molar-refractivity contribution is 9.10. The van der Waals surface area contributed by atoms with Gasteiger partial charge in [0.1, 0.15) is 11.5 Å². The van der Waals surface area contributed by atoms with E-state index in [0.29, 0.717) is 0 Å². The zero-order valence-corrected chi connectivity index (χ0v) is 10.8. The van der Waals surface area contributed by atoms with Crippen LogP contribution in [-0.4, -0.2) is 4.98 Å². The normalized spacial score (nSPS) is 10.2. The molecular weight excluding hydrogens is 266 g/mol. The second-order valence-corrected chi connectivity index (χ2v) is 4.50. The van der Waals surface area contributed by atoms with Crippen LogP contribution in [0.3, 0.4) is 0 Å². The number of hydrogen-bond acceptors (Lipinski definition) is 2. The second kappa shape index (κ2) is 4.66. The Hall–Kier alpha value is -1.35. The van der Waals surface area contributed by atoms with E-state index in [4.69, 9.17) is 4.74 Å². The Bertz CT molecular complexity index is 511. The fourth-order valence-electron chi connectivity index (χ4n) is 1.40. The summed E-state index contributed by atoms with van der Waals surface area (Å²) in [5.41, 5.74) is 2.11. The maximum atomic E-state index is 5.73. The minimum absolute atomic E-state index is 0.814. The maximum Gasteiger partial charge on any atom is 0.130 e. The molecule has 1 heterocycles. The van der Waals surface area contributed by atoms with Gasteiger partial charge >= 0.3 is 0 Å². The van der Waals surface area contributed by atoms with Crippen molar-refractivity contribution < 1.29 is 4.74 Å². The predicted molar refractivity (Wildman–Crippen MR) is 67.9 cm³/mol. The lowest BCUT2D eigenvalue weighted by atomic mass is 10.2. The van der Waals surface area contributed by atoms with Crippen molar-refractivity contribution >= 4 is 15.9 Å². The molecule has 2 aromatic rings. The van der Waals surface area contributed by atoms with E-state index in [1.54, 1.807) is 6.20 Å². The van der Waals surface area contributed by atoms with Gasteiger partial charge in [0.15, 0.2) is 0 Å². The van der Waals surface area contributed by atoms with Gasteiger partial charge in [-0.25, -0.2) is 0 Å². The van der Waals surface area contributed by atoms with Crippen LogP contribution >= 0.6 is 15.9 Å². The van der Waals surface area contributed by atoms with E-state index < -0.39 is 0 Å². The molecule has 0 saturated carbocycles. The molecule has 1 aromatic heterocycles. The monoisotopic (exact) mass is 277 g/mol. The third-order valence-corrected chi connectivity index (χ3v) is 3.12. The smallest absolute Gasteiger partial charge is 0.130 e. The molecule has 0 aliphatic rings. The lowest BCUT2D eigenvalue weighted by Gasteiger charge is -2.07. The highest BCUT2D eigenvalue weighted by Gasteiger charge is 2.00. The summed E-state index contributed by atoms with van der Waals surface area (Å²) in [5.74, 6) is 1.65. The Kier molecular flexibility index (Phi) is 3.25. The van der Waals surface area contributed by atoms with E-state index in [-0.39, 0.29) is 0 Å². The third kappa shape index (κ3) is 2.61. The summed E-state index contributed by atoms with van der Waals surface area (Å²) in [5, 5.41) is 0. The van der Waals surface area contributed by atoms with Crippen LogP contribution < -0.4 is 4.74 Å². The summed E-state index contributed by atoms with van der Waals surface area (Å²) < 4.78 is 6.82. The molecule has 0 radical (unpaired) electrons. The zero-order chi connectivity index (χ0) is 11.5. The molecule has 0 amide bonds. The van der Waals surface area contributed by atoms with Gasteiger partial charge in [0.05, 0.1) is 0 Å². The van der Waals surface area contributed by atoms with E-state index in [9.17, 15) is 0 Å². The number of aryl methyl sites for hydroxylation is 2. The van der Waals surface area contributed by atoms with Gasteiger partial charge in [0, 0.05) is 22.4 Å². The highest BCUT2D eigenvalue weighted by Crippen LogP contribution is 2.26. The van der Waals surface area contributed by atoms with E-state index in [2.05, 4.69) is 20.9 Å². The number of aromatic nitrogens is 1. The topological polar surface area (TPSA) is 22.1 Å². The molecule has 0 unspecified atom stereocenters. The van der Waals surface area contributed by atoms with Crippen molar-refractivity contribution in [3.8, 4) is 11.5 Å². The quantitative estimate of drug-likeness (QED) is 0.819. The number of halogens is 1. The van der Waals surface area contributed by atoms with Crippen molar-refractivity contribution in [2.45, 2.75) is 13.8 Å². The van der Waals surface area contributed by atoms with Crippen molar-refractivity contribution in [2.75, 3.05) is 0 Å². The molecule has 0 N–H and O–H groups in total. The van der Waals surface area contributed by atoms with Crippen molar-refractivity contribution in [2.24, 2.45) is 0 Å². The van der Waals surface area contributed by atoms with E-state index >= 15 is 0 Å². The molecule has 0 atom stereocenters. The van der Waals surface area contributed by atoms with Crippen LogP contribution in [0.5, 0.6) is 11.5 Å². The van der Waals surface area contributed by atoms with Gasteiger partial charge < -0.3 is 4.74 Å². The summed E-state index contributed by atoms with van der Waals surface area (Å²) >= 11 is 3.46. The van der Waals surface area contributed by atoms with Gasteiger partial charge in [-0.2, -0.15) is 0 Å². The minimum Gasteiger partial charge on any atom is -0.457 e. The molecule has 0 saturated heterocycles. The molecule has 0 aliphatic carbocycles. The molecule has 1 aromatic carbocycles. The largest absolute Gasteiger partial charge is 0.457 e. The molecule has 2 nitrogen and oxygen atoms in total. The molecule has 16 heavy (non-hydrogen) atoms. The van der Waals surface area contributed by atoms with Crippen LogP contribution in [0.1, 0.15) is 11.3 Å². The summed E-state index contributed by atoms with van der Waals surface area (Å²) in [6.07, 6.45) is 1.75. The number of hydrogen-bond donors (Lipinski definition) is 0. The second-order valence-electron chi connectivity index (χ2n) is 3.65. The average Bonchev–Trinajstić information content (AvgIpc) is 2.24. The van der Waals surface area contributed by atoms with Crippen molar-refractivity contribution in [1.29, 1.82) is 0 Å². The Morgan fingerprint density at radius 2 is 1.81 bits per heavy atom. The van der Waals surface area contributed by atoms with Gasteiger partial charge in [-0.05, 0) is 43.7 Å². The van der Waals surface area contributed by atoms with Crippen molar-refractivity contribution in [3.63, 3.8) is 0 Å². The molecule has 0 bridgehead atoms. The fourth-order valence-corrected chi connectivity index (χ4v) is 1.65. The average molecular weight is 278 g/mol. The van der Waals surface area contributed by atoms with Crippen molar-refractivity contribution in [1.82, 2.24) is 4.98 Å². The Morgan fingerprint density at radius 3 is 2.50 bits per heavy atom. The predicted octanol–water partition coefficient (Wildman–Crippen LogP) is 4.25. The van der Waals surface area contributed by atoms with E-state index in [0.717, 1.165) is 27.2 Å². The SMILES string of the molecule is Cc1cc(Oc2ccc(Br)c(C)c2)ccn1. The fraction of sp³-hybridized carbons (Fsp3) is 0.154. The maximum absolute atomic E-state index is 5.73. The van der Waals surface area contributed by atoms with E-state index in [1.165, 1.54) is 0 Å². The van der Waals surface area contributed by atoms with Crippen LogP contribution in [0.4, 0.5) is 0 Å². The summed E-state index contributed by atoms with van der Waals surface area (Å²) in [6.45, 7) is 3.98. The van der Waals surface area contributed by atoms with Crippen LogP contribution in [0.15, 0.2) is 41.0 Å². The van der Waals surface area contributed by atoms with Gasteiger partial charge in [-0.1, -0.05) is 15.9 Å². The van der Waals surface area contributed by atoms with Gasteiger partial charge in [0.25, 0.3) is 0 Å². The molecule has 0 aliphatic heterocycles. The van der Waals surface area contributed by atoms with E-state index in [1.807, 2.05) is 44.2 Å². The number of pyridine rings is 1. The van der Waals surface area contributed by atoms with Crippen LogP contribution in [0, 0.1) is 13.8 Å². The first-order valence-electron chi connectivity index (χ1n) is 5.02. The molecule has 3 heteroatoms. The van der Waals surface area contributed by atoms with Crippen molar-refractivity contribution in [3.05, 3.63) is 52.3 Å². The van der Waals surface area contributed by atoms with Gasteiger partial charge in [0.2, 0.25) is 0 Å². The van der Waals surface area contributed by atoms with Crippen LogP contribution in [0.25, 0.3) is 0 Å². The zero-order valence-electron chi connectivity index (χ0n) is 9.20. The molecular formula is C13H12BrNO. The molecule has 2 rings (SSSR count). The number of benzene rings is 1. The molecule has 0 fully saturated rings. The Balaban J connectivity index is 2.24. The molecule has 0 spiro atoms. The Labute approximate surface area is 103 Å². The minimum atomic E-state index is 0.814. The summed E-state index contributed by atoms with van der Waals surface area (Å²) in [7, 11) is 0. The highest BCUT2D eigenvalue weighted by atomic mass is 79.9. The van der Waals surface area contributed by atoms with Crippen LogP contribution in [0.2, 0.25) is 0 Å². The summed E-state index contributed by atoms with van der Waals surface area (Å²) in [6, 6.07) is 9.69. The van der Waals surface area contributed by atoms with Gasteiger partial charge in [-0.15, -0.1) is 0 Å². The first kappa shape index (κ1) is 11.1. The lowest BCUT2D eigenvalue weighted by Crippen LogP contribution is -1.87. The number of nitrogens with zero attached hydrogens (tertiary/aromatic N) is 1. The first-order chi connectivity index (χ1) is 7.65. The lowest BCUT2D eigenvalue weighted by molar-refractivity contribution is 0.481. The van der Waals surface area contributed by atoms with Gasteiger partial charge in [-0.3, -0.25) is 4.98 Å². The number of ether oxygens (including phenoxy) is 1. The Morgan fingerprint density at radius 1 is 1.06 bits per heavy atom.